The average Bonchev–Trinajstić information content (AvgIpc) is 3.54. The molecule has 30 heavy (non-hydrogen) atoms. The molecule has 9 nitrogen and oxygen atoms in total. The molecule has 1 aliphatic rings. The molecule has 6 rings (SSSR count). The Morgan fingerprint density at radius 2 is 1.93 bits per heavy atom. The van der Waals surface area contributed by atoms with Crippen molar-refractivity contribution in [2.75, 3.05) is 5.32 Å². The predicted molar refractivity (Wildman–Crippen MR) is 113 cm³/mol. The first-order valence-electron chi connectivity index (χ1n) is 9.41. The quantitative estimate of drug-likeness (QED) is 0.485. The van der Waals surface area contributed by atoms with Crippen LogP contribution in [0, 0.1) is 0 Å². The highest BCUT2D eigenvalue weighted by atomic mass is 15.5. The van der Waals surface area contributed by atoms with Crippen molar-refractivity contribution in [2.45, 2.75) is 6.54 Å². The Labute approximate surface area is 170 Å². The predicted octanol–water partition coefficient (Wildman–Crippen LogP) is 3.25. The summed E-state index contributed by atoms with van der Waals surface area (Å²) >= 11 is 0. The topological polar surface area (TPSA) is 109 Å². The van der Waals surface area contributed by atoms with Gasteiger partial charge < -0.3 is 9.72 Å². The van der Waals surface area contributed by atoms with Gasteiger partial charge in [-0.25, -0.2) is 9.97 Å². The number of rotatable bonds is 4. The van der Waals surface area contributed by atoms with Crippen LogP contribution in [0.15, 0.2) is 66.0 Å². The van der Waals surface area contributed by atoms with E-state index in [1.807, 2.05) is 47.3 Å². The van der Waals surface area contributed by atoms with Crippen LogP contribution in [0.3, 0.4) is 0 Å². The summed E-state index contributed by atoms with van der Waals surface area (Å²) in [6.07, 6.45) is 7.59. The Kier molecular flexibility index (Phi) is 3.63. The smallest absolute Gasteiger partial charge is 0.204 e. The molecule has 0 amide bonds. The minimum atomic E-state index is 0.554. The van der Waals surface area contributed by atoms with Crippen LogP contribution >= 0.6 is 0 Å². The van der Waals surface area contributed by atoms with E-state index in [0.717, 1.165) is 28.2 Å². The van der Waals surface area contributed by atoms with E-state index in [1.165, 1.54) is 11.1 Å². The molecule has 0 saturated heterocycles. The Hall–Kier alpha value is -4.40. The molecule has 0 aliphatic carbocycles. The maximum atomic E-state index is 4.86. The lowest BCUT2D eigenvalue weighted by molar-refractivity contribution is 0.881. The van der Waals surface area contributed by atoms with Gasteiger partial charge in [0.25, 0.3) is 0 Å². The lowest BCUT2D eigenvalue weighted by Crippen LogP contribution is -2.00. The molecular weight excluding hydrogens is 378 g/mol. The fraction of sp³-hybridized carbons (Fsp3) is 0.0476. The Bertz CT molecular complexity index is 1380. The van der Waals surface area contributed by atoms with Crippen molar-refractivity contribution in [3.8, 4) is 22.6 Å². The van der Waals surface area contributed by atoms with Gasteiger partial charge in [0.1, 0.15) is 0 Å². The van der Waals surface area contributed by atoms with Gasteiger partial charge in [0.15, 0.2) is 11.5 Å². The second-order valence-corrected chi connectivity index (χ2v) is 6.95. The molecule has 144 valence electrons. The number of benzene rings is 2. The lowest BCUT2D eigenvalue weighted by Gasteiger charge is -2.11. The molecule has 0 fully saturated rings. The summed E-state index contributed by atoms with van der Waals surface area (Å²) in [6.45, 7) is 0.717. The Morgan fingerprint density at radius 3 is 2.80 bits per heavy atom. The van der Waals surface area contributed by atoms with Crippen molar-refractivity contribution in [1.82, 2.24) is 35.0 Å². The molecule has 0 bridgehead atoms. The van der Waals surface area contributed by atoms with Crippen LogP contribution in [0.5, 0.6) is 0 Å². The highest BCUT2D eigenvalue weighted by Gasteiger charge is 2.13. The third-order valence-electron chi connectivity index (χ3n) is 5.06. The van der Waals surface area contributed by atoms with E-state index in [9.17, 15) is 0 Å². The highest BCUT2D eigenvalue weighted by molar-refractivity contribution is 5.86. The fourth-order valence-corrected chi connectivity index (χ4v) is 3.55. The van der Waals surface area contributed by atoms with E-state index >= 15 is 0 Å². The zero-order chi connectivity index (χ0) is 19.9. The molecule has 2 aromatic carbocycles. The molecule has 0 unspecified atom stereocenters. The molecule has 0 saturated carbocycles. The number of aromatic amines is 1. The molecule has 9 heteroatoms. The first-order chi connectivity index (χ1) is 14.8. The number of hydrogen-bond donors (Lipinski definition) is 2. The molecule has 1 aliphatic heterocycles. The standard InChI is InChI=1S/C21H15N9/c1-2-15-10-22-11-16(15)9-14(1)18-12-30-8-7-23-21(30)20(25-18)24-17-5-3-13(4-6-17)19-26-28-29-27-19/h1-10,12H,11H2,(H,24,25)(H,26,27,28,29). The van der Waals surface area contributed by atoms with Crippen molar-refractivity contribution >= 4 is 23.4 Å². The fourth-order valence-electron chi connectivity index (χ4n) is 3.55. The molecule has 3 aromatic heterocycles. The minimum Gasteiger partial charge on any atom is -0.337 e. The summed E-state index contributed by atoms with van der Waals surface area (Å²) in [7, 11) is 0. The maximum Gasteiger partial charge on any atom is 0.204 e. The van der Waals surface area contributed by atoms with Crippen molar-refractivity contribution in [1.29, 1.82) is 0 Å². The number of hydrogen-bond acceptors (Lipinski definition) is 7. The van der Waals surface area contributed by atoms with E-state index in [4.69, 9.17) is 4.98 Å². The SMILES string of the molecule is C1=NCc2cc(-c3cn4ccnc4c(Nc4ccc(-c5nn[nH]n5)cc4)n3)ccc21. The number of aromatic nitrogens is 7. The number of aliphatic imine (C=N–C) groups is 1. The van der Waals surface area contributed by atoms with Crippen LogP contribution in [0.2, 0.25) is 0 Å². The van der Waals surface area contributed by atoms with Gasteiger partial charge in [0.2, 0.25) is 5.82 Å². The number of nitrogens with one attached hydrogen (secondary N) is 2. The summed E-state index contributed by atoms with van der Waals surface area (Å²) in [5.74, 6) is 1.24. The van der Waals surface area contributed by atoms with Gasteiger partial charge in [-0.1, -0.05) is 12.1 Å². The van der Waals surface area contributed by atoms with Gasteiger partial charge in [0.05, 0.1) is 12.2 Å². The van der Waals surface area contributed by atoms with Crippen LogP contribution in [0.25, 0.3) is 28.3 Å². The third kappa shape index (κ3) is 2.80. The van der Waals surface area contributed by atoms with Crippen LogP contribution in [-0.4, -0.2) is 41.2 Å². The van der Waals surface area contributed by atoms with E-state index in [2.05, 4.69) is 54.1 Å². The maximum absolute atomic E-state index is 4.86. The molecule has 5 aromatic rings. The van der Waals surface area contributed by atoms with Crippen molar-refractivity contribution < 1.29 is 0 Å². The number of nitrogens with zero attached hydrogens (tertiary/aromatic N) is 7. The van der Waals surface area contributed by atoms with Crippen molar-refractivity contribution in [2.24, 2.45) is 4.99 Å². The summed E-state index contributed by atoms with van der Waals surface area (Å²) in [5.41, 5.74) is 6.81. The minimum absolute atomic E-state index is 0.554. The van der Waals surface area contributed by atoms with Gasteiger partial charge in [-0.3, -0.25) is 4.99 Å². The number of imidazole rings is 1. The Morgan fingerprint density at radius 1 is 1.03 bits per heavy atom. The monoisotopic (exact) mass is 393 g/mol. The second kappa shape index (κ2) is 6.59. The van der Waals surface area contributed by atoms with Crippen LogP contribution in [0.4, 0.5) is 11.5 Å². The normalized spacial score (nSPS) is 12.4. The number of H-pyrrole nitrogens is 1. The van der Waals surface area contributed by atoms with Gasteiger partial charge in [-0.2, -0.15) is 5.21 Å². The largest absolute Gasteiger partial charge is 0.337 e. The number of fused-ring (bicyclic) bond motifs is 2. The van der Waals surface area contributed by atoms with Crippen LogP contribution in [-0.2, 0) is 6.54 Å². The Balaban J connectivity index is 1.37. The zero-order valence-electron chi connectivity index (χ0n) is 15.7. The van der Waals surface area contributed by atoms with Crippen molar-refractivity contribution in [3.05, 3.63) is 72.2 Å². The first-order valence-corrected chi connectivity index (χ1v) is 9.41. The summed E-state index contributed by atoms with van der Waals surface area (Å²) in [4.78, 5) is 13.7. The molecule has 2 N–H and O–H groups in total. The van der Waals surface area contributed by atoms with Crippen molar-refractivity contribution in [3.63, 3.8) is 0 Å². The first kappa shape index (κ1) is 16.5. The third-order valence-corrected chi connectivity index (χ3v) is 5.06. The molecule has 4 heterocycles. The molecule has 0 radical (unpaired) electrons. The van der Waals surface area contributed by atoms with Gasteiger partial charge in [-0.05, 0) is 46.7 Å². The average molecular weight is 393 g/mol. The summed E-state index contributed by atoms with van der Waals surface area (Å²) in [5, 5.41) is 17.4. The molecular formula is C21H15N9. The summed E-state index contributed by atoms with van der Waals surface area (Å²) < 4.78 is 1.97. The van der Waals surface area contributed by atoms with Crippen LogP contribution < -0.4 is 5.32 Å². The van der Waals surface area contributed by atoms with Crippen LogP contribution in [0.1, 0.15) is 11.1 Å². The summed E-state index contributed by atoms with van der Waals surface area (Å²) in [6, 6.07) is 14.1. The zero-order valence-corrected chi connectivity index (χ0v) is 15.7. The molecule has 0 spiro atoms. The highest BCUT2D eigenvalue weighted by Crippen LogP contribution is 2.27. The van der Waals surface area contributed by atoms with E-state index in [-0.39, 0.29) is 0 Å². The second-order valence-electron chi connectivity index (χ2n) is 6.95. The molecule has 0 atom stereocenters. The van der Waals surface area contributed by atoms with Gasteiger partial charge >= 0.3 is 0 Å². The lowest BCUT2D eigenvalue weighted by atomic mass is 10.0. The van der Waals surface area contributed by atoms with Gasteiger partial charge in [0, 0.05) is 41.6 Å². The van der Waals surface area contributed by atoms with E-state index in [0.29, 0.717) is 18.2 Å². The van der Waals surface area contributed by atoms with Gasteiger partial charge in [-0.15, -0.1) is 10.2 Å². The van der Waals surface area contributed by atoms with E-state index in [1.54, 1.807) is 6.20 Å². The van der Waals surface area contributed by atoms with E-state index < -0.39 is 0 Å². The number of tetrazole rings is 1. The number of anilines is 2.